The van der Waals surface area contributed by atoms with E-state index in [4.69, 9.17) is 15.2 Å². The predicted octanol–water partition coefficient (Wildman–Crippen LogP) is -0.0312. The van der Waals surface area contributed by atoms with Crippen molar-refractivity contribution in [2.75, 3.05) is 53.5 Å². The quantitative estimate of drug-likeness (QED) is 0.789. The van der Waals surface area contributed by atoms with Crippen molar-refractivity contribution in [2.45, 2.75) is 4.90 Å². The van der Waals surface area contributed by atoms with Crippen molar-refractivity contribution in [1.29, 1.82) is 0 Å². The Morgan fingerprint density at radius 1 is 1.09 bits per heavy atom. The van der Waals surface area contributed by atoms with Crippen LogP contribution in [0.1, 0.15) is 0 Å². The van der Waals surface area contributed by atoms with Gasteiger partial charge in [0.1, 0.15) is 0 Å². The largest absolute Gasteiger partial charge is 0.493 e. The third kappa shape index (κ3) is 3.52. The minimum Gasteiger partial charge on any atom is -0.493 e. The molecule has 0 spiro atoms. The number of nitrogens with zero attached hydrogens (tertiary/aromatic N) is 2. The Kier molecular flexibility index (Phi) is 5.63. The molecule has 1 aromatic rings. The first-order valence-corrected chi connectivity index (χ1v) is 8.61. The topological polar surface area (TPSA) is 85.1 Å². The molecular weight excluding hydrogens is 306 g/mol. The first kappa shape index (κ1) is 17.0. The summed E-state index contributed by atoms with van der Waals surface area (Å²) in [5.41, 5.74) is 5.53. The van der Waals surface area contributed by atoms with Crippen LogP contribution in [0.25, 0.3) is 0 Å². The Morgan fingerprint density at radius 2 is 1.73 bits per heavy atom. The molecule has 2 rings (SSSR count). The predicted molar refractivity (Wildman–Crippen MR) is 83.8 cm³/mol. The maximum absolute atomic E-state index is 12.7. The van der Waals surface area contributed by atoms with E-state index in [9.17, 15) is 8.42 Å². The molecule has 124 valence electrons. The number of methoxy groups -OCH3 is 2. The molecule has 0 saturated carbocycles. The number of benzene rings is 1. The average molecular weight is 329 g/mol. The number of nitrogens with two attached hydrogens (primary N) is 1. The molecule has 0 radical (unpaired) electrons. The molecule has 0 amide bonds. The Hall–Kier alpha value is -1.35. The fourth-order valence-corrected chi connectivity index (χ4v) is 3.94. The molecule has 7 nitrogen and oxygen atoms in total. The van der Waals surface area contributed by atoms with Crippen molar-refractivity contribution in [1.82, 2.24) is 9.21 Å². The van der Waals surface area contributed by atoms with Crippen LogP contribution in [0.5, 0.6) is 11.5 Å². The highest BCUT2D eigenvalue weighted by Gasteiger charge is 2.29. The molecule has 0 unspecified atom stereocenters. The van der Waals surface area contributed by atoms with Crippen LogP contribution in [0.3, 0.4) is 0 Å². The van der Waals surface area contributed by atoms with E-state index >= 15 is 0 Å². The summed E-state index contributed by atoms with van der Waals surface area (Å²) in [4.78, 5) is 2.39. The Bertz CT molecular complexity index is 598. The summed E-state index contributed by atoms with van der Waals surface area (Å²) in [7, 11) is -0.516. The van der Waals surface area contributed by atoms with Gasteiger partial charge in [0.2, 0.25) is 10.0 Å². The fraction of sp³-hybridized carbons (Fsp3) is 0.571. The van der Waals surface area contributed by atoms with Crippen LogP contribution in [0.15, 0.2) is 23.1 Å². The van der Waals surface area contributed by atoms with Crippen molar-refractivity contribution in [3.8, 4) is 11.5 Å². The molecule has 0 aromatic heterocycles. The molecule has 2 N–H and O–H groups in total. The lowest BCUT2D eigenvalue weighted by molar-refractivity contribution is 0.192. The Labute approximate surface area is 131 Å². The van der Waals surface area contributed by atoms with Crippen LogP contribution in [0.4, 0.5) is 0 Å². The van der Waals surface area contributed by atoms with Crippen LogP contribution in [0.2, 0.25) is 0 Å². The number of sulfonamides is 1. The van der Waals surface area contributed by atoms with Crippen LogP contribution >= 0.6 is 0 Å². The second kappa shape index (κ2) is 7.28. The maximum Gasteiger partial charge on any atom is 0.243 e. The van der Waals surface area contributed by atoms with Gasteiger partial charge in [0.15, 0.2) is 11.5 Å². The van der Waals surface area contributed by atoms with Gasteiger partial charge >= 0.3 is 0 Å². The third-order valence-electron chi connectivity index (χ3n) is 3.77. The number of hydrogen-bond acceptors (Lipinski definition) is 6. The molecule has 1 fully saturated rings. The standard InChI is InChI=1S/C14H23N3O4S/c1-20-13-4-3-12(11-14(13)21-2)22(18,19)17-9-7-16(6-5-15)8-10-17/h3-4,11H,5-10,15H2,1-2H3. The van der Waals surface area contributed by atoms with Gasteiger partial charge in [0.05, 0.1) is 19.1 Å². The molecule has 0 bridgehead atoms. The van der Waals surface area contributed by atoms with Crippen LogP contribution in [0, 0.1) is 0 Å². The SMILES string of the molecule is COc1ccc(S(=O)(=O)N2CCN(CCN)CC2)cc1OC. The zero-order chi connectivity index (χ0) is 16.2. The summed E-state index contributed by atoms with van der Waals surface area (Å²) < 4.78 is 37.2. The third-order valence-corrected chi connectivity index (χ3v) is 5.66. The summed E-state index contributed by atoms with van der Waals surface area (Å²) in [6.07, 6.45) is 0. The number of hydrogen-bond donors (Lipinski definition) is 1. The second-order valence-corrected chi connectivity index (χ2v) is 6.99. The van der Waals surface area contributed by atoms with Gasteiger partial charge in [-0.1, -0.05) is 0 Å². The van der Waals surface area contributed by atoms with Gasteiger partial charge in [0.25, 0.3) is 0 Å². The van der Waals surface area contributed by atoms with Crippen molar-refractivity contribution >= 4 is 10.0 Å². The van der Waals surface area contributed by atoms with Crippen molar-refractivity contribution < 1.29 is 17.9 Å². The normalized spacial score (nSPS) is 17.4. The number of ether oxygens (including phenoxy) is 2. The molecule has 1 aliphatic rings. The summed E-state index contributed by atoms with van der Waals surface area (Å²) in [5.74, 6) is 0.916. The highest BCUT2D eigenvalue weighted by molar-refractivity contribution is 7.89. The number of rotatable bonds is 6. The summed E-state index contributed by atoms with van der Waals surface area (Å²) in [6, 6.07) is 4.65. The molecule has 1 aliphatic heterocycles. The number of piperazine rings is 1. The highest BCUT2D eigenvalue weighted by atomic mass is 32.2. The van der Waals surface area contributed by atoms with Gasteiger partial charge < -0.3 is 15.2 Å². The minimum atomic E-state index is -3.52. The van der Waals surface area contributed by atoms with Crippen LogP contribution in [-0.4, -0.2) is 71.1 Å². The van der Waals surface area contributed by atoms with Gasteiger partial charge in [-0.2, -0.15) is 4.31 Å². The van der Waals surface area contributed by atoms with Gasteiger partial charge in [-0.25, -0.2) is 8.42 Å². The van der Waals surface area contributed by atoms with E-state index < -0.39 is 10.0 Å². The fourth-order valence-electron chi connectivity index (χ4n) is 2.50. The van der Waals surface area contributed by atoms with Gasteiger partial charge in [-0.05, 0) is 12.1 Å². The lowest BCUT2D eigenvalue weighted by atomic mass is 10.3. The zero-order valence-electron chi connectivity index (χ0n) is 13.0. The van der Waals surface area contributed by atoms with E-state index in [2.05, 4.69) is 4.90 Å². The van der Waals surface area contributed by atoms with Crippen molar-refractivity contribution in [2.24, 2.45) is 5.73 Å². The molecule has 1 heterocycles. The molecule has 1 aromatic carbocycles. The molecule has 0 atom stereocenters. The summed E-state index contributed by atoms with van der Waals surface area (Å²) in [6.45, 7) is 3.72. The highest BCUT2D eigenvalue weighted by Crippen LogP contribution is 2.30. The maximum atomic E-state index is 12.7. The first-order valence-electron chi connectivity index (χ1n) is 7.17. The first-order chi connectivity index (χ1) is 10.5. The van der Waals surface area contributed by atoms with Crippen LogP contribution < -0.4 is 15.2 Å². The monoisotopic (exact) mass is 329 g/mol. The average Bonchev–Trinajstić information content (AvgIpc) is 2.55. The van der Waals surface area contributed by atoms with E-state index in [-0.39, 0.29) is 4.90 Å². The van der Waals surface area contributed by atoms with E-state index in [1.807, 2.05) is 0 Å². The zero-order valence-corrected chi connectivity index (χ0v) is 13.8. The smallest absolute Gasteiger partial charge is 0.243 e. The van der Waals surface area contributed by atoms with E-state index in [1.165, 1.54) is 24.6 Å². The van der Waals surface area contributed by atoms with Crippen molar-refractivity contribution in [3.63, 3.8) is 0 Å². The Balaban J connectivity index is 2.17. The van der Waals surface area contributed by atoms with E-state index in [1.54, 1.807) is 12.1 Å². The molecular formula is C14H23N3O4S. The summed E-state index contributed by atoms with van der Waals surface area (Å²) >= 11 is 0. The molecule has 22 heavy (non-hydrogen) atoms. The summed E-state index contributed by atoms with van der Waals surface area (Å²) in [5, 5.41) is 0. The molecule has 1 saturated heterocycles. The van der Waals surface area contributed by atoms with Crippen LogP contribution in [-0.2, 0) is 10.0 Å². The van der Waals surface area contributed by atoms with Gasteiger partial charge in [0, 0.05) is 45.3 Å². The Morgan fingerprint density at radius 3 is 2.27 bits per heavy atom. The lowest BCUT2D eigenvalue weighted by Gasteiger charge is -2.33. The minimum absolute atomic E-state index is 0.220. The molecule has 8 heteroatoms. The lowest BCUT2D eigenvalue weighted by Crippen LogP contribution is -2.49. The van der Waals surface area contributed by atoms with Gasteiger partial charge in [-0.3, -0.25) is 4.90 Å². The molecule has 0 aliphatic carbocycles. The van der Waals surface area contributed by atoms with Gasteiger partial charge in [-0.15, -0.1) is 0 Å². The van der Waals surface area contributed by atoms with E-state index in [0.717, 1.165) is 6.54 Å². The second-order valence-electron chi connectivity index (χ2n) is 5.05. The van der Waals surface area contributed by atoms with Crippen molar-refractivity contribution in [3.05, 3.63) is 18.2 Å². The van der Waals surface area contributed by atoms with E-state index in [0.29, 0.717) is 44.2 Å².